The largest absolute Gasteiger partial charge is 0.313 e. The lowest BCUT2D eigenvalue weighted by atomic mass is 10.2. The van der Waals surface area contributed by atoms with Crippen LogP contribution in [0, 0.1) is 11.6 Å². The first-order chi connectivity index (χ1) is 9.61. The Kier molecular flexibility index (Phi) is 5.40. The Hall–Kier alpha value is -1.10. The van der Waals surface area contributed by atoms with Crippen LogP contribution in [-0.4, -0.2) is 6.54 Å². The summed E-state index contributed by atoms with van der Waals surface area (Å²) in [4.78, 5) is 1.08. The van der Waals surface area contributed by atoms with E-state index in [-0.39, 0.29) is 4.90 Å². The van der Waals surface area contributed by atoms with Crippen LogP contribution in [0.25, 0.3) is 0 Å². The molecule has 0 saturated carbocycles. The van der Waals surface area contributed by atoms with Crippen molar-refractivity contribution >= 4 is 23.4 Å². The van der Waals surface area contributed by atoms with Crippen LogP contribution in [0.15, 0.2) is 46.2 Å². The third kappa shape index (κ3) is 3.72. The summed E-state index contributed by atoms with van der Waals surface area (Å²) >= 11 is 7.36. The molecule has 1 nitrogen and oxygen atoms in total. The van der Waals surface area contributed by atoms with E-state index >= 15 is 0 Å². The minimum absolute atomic E-state index is 0.255. The van der Waals surface area contributed by atoms with Crippen LogP contribution >= 0.6 is 23.4 Å². The summed E-state index contributed by atoms with van der Waals surface area (Å²) < 4.78 is 26.9. The molecule has 0 saturated heterocycles. The molecule has 0 fully saturated rings. The second kappa shape index (κ2) is 7.07. The van der Waals surface area contributed by atoms with Gasteiger partial charge in [0, 0.05) is 16.5 Å². The first-order valence-corrected chi connectivity index (χ1v) is 7.42. The van der Waals surface area contributed by atoms with Crippen LogP contribution in [0.3, 0.4) is 0 Å². The smallest absolute Gasteiger partial charge is 0.137 e. The highest BCUT2D eigenvalue weighted by atomic mass is 35.5. The molecule has 2 aromatic carbocycles. The van der Waals surface area contributed by atoms with Crippen molar-refractivity contribution in [3.05, 3.63) is 58.6 Å². The average Bonchev–Trinajstić information content (AvgIpc) is 2.42. The fourth-order valence-electron chi connectivity index (χ4n) is 1.73. The van der Waals surface area contributed by atoms with E-state index in [1.165, 1.54) is 17.8 Å². The molecule has 2 rings (SSSR count). The van der Waals surface area contributed by atoms with Crippen molar-refractivity contribution in [1.29, 1.82) is 0 Å². The molecule has 0 atom stereocenters. The van der Waals surface area contributed by atoms with Gasteiger partial charge in [-0.2, -0.15) is 0 Å². The van der Waals surface area contributed by atoms with Gasteiger partial charge >= 0.3 is 0 Å². The van der Waals surface area contributed by atoms with Crippen LogP contribution in [0.4, 0.5) is 8.78 Å². The minimum Gasteiger partial charge on any atom is -0.313 e. The average molecular weight is 314 g/mol. The molecular formula is C15H14ClF2NS. The number of halogens is 3. The van der Waals surface area contributed by atoms with Gasteiger partial charge in [0.25, 0.3) is 0 Å². The fourth-order valence-corrected chi connectivity index (χ4v) is 3.05. The highest BCUT2D eigenvalue weighted by Gasteiger charge is 2.11. The number of nitrogens with one attached hydrogen (secondary N) is 1. The molecule has 5 heteroatoms. The van der Waals surface area contributed by atoms with Crippen LogP contribution in [0.5, 0.6) is 0 Å². The summed E-state index contributed by atoms with van der Waals surface area (Å²) in [5.41, 5.74) is 0.893. The molecule has 0 aliphatic rings. The zero-order valence-electron chi connectivity index (χ0n) is 10.9. The van der Waals surface area contributed by atoms with Gasteiger partial charge in [0.05, 0.1) is 4.90 Å². The molecule has 0 heterocycles. The Labute approximate surface area is 126 Å². The summed E-state index contributed by atoms with van der Waals surface area (Å²) in [5.74, 6) is -0.894. The number of hydrogen-bond donors (Lipinski definition) is 1. The molecule has 0 radical (unpaired) electrons. The normalized spacial score (nSPS) is 10.8. The number of benzene rings is 2. The molecule has 20 heavy (non-hydrogen) atoms. The lowest BCUT2D eigenvalue weighted by Crippen LogP contribution is -2.12. The highest BCUT2D eigenvalue weighted by molar-refractivity contribution is 7.99. The maximum atomic E-state index is 13.7. The highest BCUT2D eigenvalue weighted by Crippen LogP contribution is 2.35. The molecule has 0 spiro atoms. The fraction of sp³-hybridized carbons (Fsp3) is 0.200. The molecule has 1 N–H and O–H groups in total. The van der Waals surface area contributed by atoms with Crippen molar-refractivity contribution in [3.63, 3.8) is 0 Å². The van der Waals surface area contributed by atoms with E-state index in [9.17, 15) is 8.78 Å². The van der Waals surface area contributed by atoms with Gasteiger partial charge in [-0.25, -0.2) is 8.78 Å². The predicted molar refractivity (Wildman–Crippen MR) is 79.3 cm³/mol. The van der Waals surface area contributed by atoms with Gasteiger partial charge in [0.15, 0.2) is 0 Å². The van der Waals surface area contributed by atoms with E-state index in [1.54, 1.807) is 12.1 Å². The molecule has 0 amide bonds. The van der Waals surface area contributed by atoms with Crippen molar-refractivity contribution in [2.75, 3.05) is 6.54 Å². The lowest BCUT2D eigenvalue weighted by Gasteiger charge is -2.12. The van der Waals surface area contributed by atoms with Crippen LogP contribution in [0.1, 0.15) is 12.5 Å². The molecular weight excluding hydrogens is 300 g/mol. The molecule has 0 bridgehead atoms. The third-order valence-electron chi connectivity index (χ3n) is 2.74. The van der Waals surface area contributed by atoms with Gasteiger partial charge in [-0.1, -0.05) is 36.4 Å². The second-order valence-corrected chi connectivity index (χ2v) is 5.66. The Morgan fingerprint density at radius 1 is 1.15 bits per heavy atom. The Balaban J connectivity index is 2.33. The SMILES string of the molecule is CCNCc1c(Cl)cccc1Sc1cc(F)ccc1F. The first kappa shape index (κ1) is 15.3. The topological polar surface area (TPSA) is 12.0 Å². The number of rotatable bonds is 5. The Morgan fingerprint density at radius 2 is 1.95 bits per heavy atom. The van der Waals surface area contributed by atoms with Gasteiger partial charge in [0.2, 0.25) is 0 Å². The Bertz CT molecular complexity index is 604. The van der Waals surface area contributed by atoms with Crippen molar-refractivity contribution in [1.82, 2.24) is 5.32 Å². The van der Waals surface area contributed by atoms with Gasteiger partial charge in [-0.05, 0) is 42.4 Å². The zero-order chi connectivity index (χ0) is 14.5. The van der Waals surface area contributed by atoms with E-state index in [1.807, 2.05) is 13.0 Å². The summed E-state index contributed by atoms with van der Waals surface area (Å²) in [6.45, 7) is 3.40. The van der Waals surface area contributed by atoms with E-state index in [2.05, 4.69) is 5.32 Å². The molecule has 0 aromatic heterocycles. The summed E-state index contributed by atoms with van der Waals surface area (Å²) in [7, 11) is 0. The van der Waals surface area contributed by atoms with Gasteiger partial charge in [0.1, 0.15) is 11.6 Å². The monoisotopic (exact) mass is 313 g/mol. The maximum absolute atomic E-state index is 13.7. The van der Waals surface area contributed by atoms with E-state index < -0.39 is 11.6 Å². The van der Waals surface area contributed by atoms with Crippen LogP contribution in [-0.2, 0) is 6.54 Å². The van der Waals surface area contributed by atoms with Gasteiger partial charge in [-0.15, -0.1) is 0 Å². The quantitative estimate of drug-likeness (QED) is 0.844. The standard InChI is InChI=1S/C15H14ClF2NS/c1-2-19-9-11-12(16)4-3-5-14(11)20-15-8-10(17)6-7-13(15)18/h3-8,19H,2,9H2,1H3. The van der Waals surface area contributed by atoms with Gasteiger partial charge in [-0.3, -0.25) is 0 Å². The summed E-state index contributed by atoms with van der Waals surface area (Å²) in [6, 6.07) is 8.88. The minimum atomic E-state index is -0.454. The van der Waals surface area contributed by atoms with Crippen LogP contribution < -0.4 is 5.32 Å². The molecule has 0 unspecified atom stereocenters. The van der Waals surface area contributed by atoms with E-state index in [4.69, 9.17) is 11.6 Å². The second-order valence-electron chi connectivity index (χ2n) is 4.17. The van der Waals surface area contributed by atoms with Crippen molar-refractivity contribution in [2.45, 2.75) is 23.3 Å². The Morgan fingerprint density at radius 3 is 2.70 bits per heavy atom. The summed E-state index contributed by atoms with van der Waals surface area (Å²) in [6.07, 6.45) is 0. The van der Waals surface area contributed by atoms with Crippen molar-refractivity contribution in [3.8, 4) is 0 Å². The predicted octanol–water partition coefficient (Wildman–Crippen LogP) is 4.88. The van der Waals surface area contributed by atoms with E-state index in [0.29, 0.717) is 11.6 Å². The molecule has 0 aliphatic heterocycles. The van der Waals surface area contributed by atoms with Gasteiger partial charge < -0.3 is 5.32 Å². The maximum Gasteiger partial charge on any atom is 0.137 e. The number of hydrogen-bond acceptors (Lipinski definition) is 2. The van der Waals surface area contributed by atoms with E-state index in [0.717, 1.165) is 29.1 Å². The first-order valence-electron chi connectivity index (χ1n) is 6.23. The van der Waals surface area contributed by atoms with Crippen molar-refractivity contribution < 1.29 is 8.78 Å². The van der Waals surface area contributed by atoms with Crippen LogP contribution in [0.2, 0.25) is 5.02 Å². The third-order valence-corrected chi connectivity index (χ3v) is 4.23. The molecule has 106 valence electrons. The summed E-state index contributed by atoms with van der Waals surface area (Å²) in [5, 5.41) is 3.81. The molecule has 0 aliphatic carbocycles. The lowest BCUT2D eigenvalue weighted by molar-refractivity contribution is 0.577. The molecule has 2 aromatic rings. The zero-order valence-corrected chi connectivity index (χ0v) is 12.5. The van der Waals surface area contributed by atoms with Crippen molar-refractivity contribution in [2.24, 2.45) is 0 Å².